The summed E-state index contributed by atoms with van der Waals surface area (Å²) < 4.78 is 4.95. The minimum absolute atomic E-state index is 0.0599. The van der Waals surface area contributed by atoms with Crippen molar-refractivity contribution in [2.45, 2.75) is 19.3 Å². The average molecular weight is 257 g/mol. The van der Waals surface area contributed by atoms with Crippen LogP contribution in [0, 0.1) is 6.92 Å². The van der Waals surface area contributed by atoms with Crippen molar-refractivity contribution in [3.8, 4) is 0 Å². The van der Waals surface area contributed by atoms with E-state index in [9.17, 15) is 4.79 Å². The molecule has 0 spiro atoms. The van der Waals surface area contributed by atoms with Gasteiger partial charge in [0.2, 0.25) is 0 Å². The average Bonchev–Trinajstić information content (AvgIpc) is 3.08. The second-order valence-electron chi connectivity index (χ2n) is 4.81. The topological polar surface area (TPSA) is 59.2 Å². The van der Waals surface area contributed by atoms with Gasteiger partial charge >= 0.3 is 0 Å². The van der Waals surface area contributed by atoms with Gasteiger partial charge in [-0.25, -0.2) is 0 Å². The van der Waals surface area contributed by atoms with E-state index in [-0.39, 0.29) is 5.91 Å². The van der Waals surface area contributed by atoms with Gasteiger partial charge in [0.05, 0.1) is 0 Å². The van der Waals surface area contributed by atoms with Gasteiger partial charge in [-0.05, 0) is 25.5 Å². The third-order valence-electron chi connectivity index (χ3n) is 3.43. The summed E-state index contributed by atoms with van der Waals surface area (Å²) in [5.74, 6) is 0.914. The van der Waals surface area contributed by atoms with E-state index in [0.717, 1.165) is 18.7 Å². The zero-order chi connectivity index (χ0) is 13.2. The van der Waals surface area contributed by atoms with Crippen molar-refractivity contribution in [3.63, 3.8) is 0 Å². The molecule has 0 aromatic carbocycles. The van der Waals surface area contributed by atoms with E-state index in [4.69, 9.17) is 4.52 Å². The second kappa shape index (κ2) is 4.84. The lowest BCUT2D eigenvalue weighted by Crippen LogP contribution is -2.28. The standard InChI is InChI=1S/C14H15N3O2/c1-10-8-13(16-19-10)14(18)17-7-5-11(9-17)12-4-2-3-6-15-12/h2-4,6,8,11H,5,7,9H2,1H3/t11-/m0/s1. The van der Waals surface area contributed by atoms with E-state index in [0.29, 0.717) is 23.9 Å². The molecule has 1 saturated heterocycles. The number of likely N-dealkylation sites (tertiary alicyclic amines) is 1. The molecule has 3 rings (SSSR count). The van der Waals surface area contributed by atoms with Gasteiger partial charge in [-0.2, -0.15) is 0 Å². The monoisotopic (exact) mass is 257 g/mol. The fraction of sp³-hybridized carbons (Fsp3) is 0.357. The molecular formula is C14H15N3O2. The summed E-state index contributed by atoms with van der Waals surface area (Å²) >= 11 is 0. The number of pyridine rings is 1. The molecule has 0 bridgehead atoms. The minimum Gasteiger partial charge on any atom is -0.361 e. The highest BCUT2D eigenvalue weighted by Crippen LogP contribution is 2.26. The predicted molar refractivity (Wildman–Crippen MR) is 68.7 cm³/mol. The van der Waals surface area contributed by atoms with Crippen LogP contribution in [0.25, 0.3) is 0 Å². The molecule has 1 aliphatic heterocycles. The molecule has 5 heteroatoms. The lowest BCUT2D eigenvalue weighted by molar-refractivity contribution is 0.0780. The van der Waals surface area contributed by atoms with E-state index in [2.05, 4.69) is 10.1 Å². The van der Waals surface area contributed by atoms with Gasteiger partial charge in [0.15, 0.2) is 5.69 Å². The van der Waals surface area contributed by atoms with Gasteiger partial charge in [-0.15, -0.1) is 0 Å². The molecule has 2 aromatic heterocycles. The summed E-state index contributed by atoms with van der Waals surface area (Å²) in [6.07, 6.45) is 2.74. The highest BCUT2D eigenvalue weighted by Gasteiger charge is 2.29. The molecule has 0 radical (unpaired) electrons. The van der Waals surface area contributed by atoms with Crippen LogP contribution in [0.3, 0.4) is 0 Å². The summed E-state index contributed by atoms with van der Waals surface area (Å²) in [7, 11) is 0. The van der Waals surface area contributed by atoms with Gasteiger partial charge in [-0.1, -0.05) is 11.2 Å². The Hall–Kier alpha value is -2.17. The fourth-order valence-electron chi connectivity index (χ4n) is 2.43. The Morgan fingerprint density at radius 3 is 3.05 bits per heavy atom. The zero-order valence-electron chi connectivity index (χ0n) is 10.7. The quantitative estimate of drug-likeness (QED) is 0.825. The highest BCUT2D eigenvalue weighted by molar-refractivity contribution is 5.92. The lowest BCUT2D eigenvalue weighted by Gasteiger charge is -2.14. The first-order valence-electron chi connectivity index (χ1n) is 6.37. The van der Waals surface area contributed by atoms with Crippen LogP contribution < -0.4 is 0 Å². The summed E-state index contributed by atoms with van der Waals surface area (Å²) in [4.78, 5) is 18.4. The Morgan fingerprint density at radius 2 is 2.37 bits per heavy atom. The first-order valence-corrected chi connectivity index (χ1v) is 6.37. The number of rotatable bonds is 2. The Labute approximate surface area is 111 Å². The van der Waals surface area contributed by atoms with Crippen LogP contribution in [-0.2, 0) is 0 Å². The number of carbonyl (C=O) groups excluding carboxylic acids is 1. The second-order valence-corrected chi connectivity index (χ2v) is 4.81. The Kier molecular flexibility index (Phi) is 3.03. The molecule has 1 atom stereocenters. The van der Waals surface area contributed by atoms with Crippen molar-refractivity contribution in [1.29, 1.82) is 0 Å². The summed E-state index contributed by atoms with van der Waals surface area (Å²) in [6.45, 7) is 3.22. The SMILES string of the molecule is Cc1cc(C(=O)N2CC[C@H](c3ccccn3)C2)no1. The molecule has 1 amide bonds. The van der Waals surface area contributed by atoms with Gasteiger partial charge < -0.3 is 9.42 Å². The largest absolute Gasteiger partial charge is 0.361 e. The molecule has 98 valence electrons. The van der Waals surface area contributed by atoms with Crippen molar-refractivity contribution < 1.29 is 9.32 Å². The lowest BCUT2D eigenvalue weighted by atomic mass is 10.0. The number of amides is 1. The molecule has 2 aromatic rings. The Bertz CT molecular complexity index is 579. The number of nitrogens with zero attached hydrogens (tertiary/aromatic N) is 3. The van der Waals surface area contributed by atoms with E-state index >= 15 is 0 Å². The molecule has 0 unspecified atom stereocenters. The van der Waals surface area contributed by atoms with Gasteiger partial charge in [-0.3, -0.25) is 9.78 Å². The number of aryl methyl sites for hydroxylation is 1. The number of carbonyl (C=O) groups is 1. The van der Waals surface area contributed by atoms with Gasteiger partial charge in [0, 0.05) is 37.0 Å². The summed E-state index contributed by atoms with van der Waals surface area (Å²) in [5, 5.41) is 3.78. The van der Waals surface area contributed by atoms with E-state index in [1.807, 2.05) is 23.1 Å². The number of hydrogen-bond donors (Lipinski definition) is 0. The maximum absolute atomic E-state index is 12.2. The van der Waals surface area contributed by atoms with E-state index < -0.39 is 0 Å². The summed E-state index contributed by atoms with van der Waals surface area (Å²) in [5.41, 5.74) is 1.44. The normalized spacial score (nSPS) is 18.8. The van der Waals surface area contributed by atoms with Crippen molar-refractivity contribution in [3.05, 3.63) is 47.6 Å². The molecule has 1 fully saturated rings. The molecule has 3 heterocycles. The van der Waals surface area contributed by atoms with Crippen LogP contribution in [0.1, 0.15) is 34.3 Å². The minimum atomic E-state index is -0.0599. The Balaban J connectivity index is 1.71. The first-order chi connectivity index (χ1) is 9.24. The van der Waals surface area contributed by atoms with Crippen LogP contribution in [0.5, 0.6) is 0 Å². The molecular weight excluding hydrogens is 242 g/mol. The smallest absolute Gasteiger partial charge is 0.276 e. The molecule has 19 heavy (non-hydrogen) atoms. The van der Waals surface area contributed by atoms with Crippen molar-refractivity contribution in [2.75, 3.05) is 13.1 Å². The van der Waals surface area contributed by atoms with E-state index in [1.165, 1.54) is 0 Å². The first kappa shape index (κ1) is 11.9. The maximum Gasteiger partial charge on any atom is 0.276 e. The van der Waals surface area contributed by atoms with Crippen molar-refractivity contribution >= 4 is 5.91 Å². The highest BCUT2D eigenvalue weighted by atomic mass is 16.5. The molecule has 0 saturated carbocycles. The van der Waals surface area contributed by atoms with Gasteiger partial charge in [0.1, 0.15) is 5.76 Å². The summed E-state index contributed by atoms with van der Waals surface area (Å²) in [6, 6.07) is 7.57. The third kappa shape index (κ3) is 2.36. The molecule has 5 nitrogen and oxygen atoms in total. The Morgan fingerprint density at radius 1 is 1.47 bits per heavy atom. The third-order valence-corrected chi connectivity index (χ3v) is 3.43. The maximum atomic E-state index is 12.2. The number of aromatic nitrogens is 2. The van der Waals surface area contributed by atoms with E-state index in [1.54, 1.807) is 19.2 Å². The number of hydrogen-bond acceptors (Lipinski definition) is 4. The zero-order valence-corrected chi connectivity index (χ0v) is 10.7. The van der Waals surface area contributed by atoms with Crippen molar-refractivity contribution in [1.82, 2.24) is 15.0 Å². The molecule has 0 aliphatic carbocycles. The van der Waals surface area contributed by atoms with Crippen LogP contribution in [0.2, 0.25) is 0 Å². The fourth-order valence-corrected chi connectivity index (χ4v) is 2.43. The van der Waals surface area contributed by atoms with Crippen LogP contribution in [-0.4, -0.2) is 34.0 Å². The van der Waals surface area contributed by atoms with Gasteiger partial charge in [0.25, 0.3) is 5.91 Å². The predicted octanol–water partition coefficient (Wildman–Crippen LogP) is 2.01. The molecule has 1 aliphatic rings. The van der Waals surface area contributed by atoms with Crippen LogP contribution >= 0.6 is 0 Å². The van der Waals surface area contributed by atoms with Crippen molar-refractivity contribution in [2.24, 2.45) is 0 Å². The molecule has 0 N–H and O–H groups in total. The van der Waals surface area contributed by atoms with Crippen LogP contribution in [0.4, 0.5) is 0 Å². The van der Waals surface area contributed by atoms with Crippen LogP contribution in [0.15, 0.2) is 35.0 Å².